The van der Waals surface area contributed by atoms with E-state index in [1.54, 1.807) is 21.0 Å². The molecule has 4 aliphatic rings. The standard InChI is InChI=1S/C60H96N6O12/c1-36(2)19-24-47-59(12,78-47)52-51(75-13)46(25-26-60(52)35-76-60)77-50(70)29-42-20-22-43(23-21-42)64-48(68)32-61-53(71)44(27-37(3)4)66-54(72)45(28-41-17-15-14-16-18-41)65-49(69)33-63-56(74)58(11,39(7)8)34-57(10,30-38(5)6)55(73)62-31-40(9)67/h14-19,37-40,42-47,51-52,67H,20-35H2,1-13H3,(H,61,71)(H,62,73)(H,63,74)(H,64,68)(H,65,69)(H,66,72)/t40?,42?,43?,44-,45-,46?,47+,51?,52?,57?,58?,59?,60-/m0/s1. The highest BCUT2D eigenvalue weighted by Crippen LogP contribution is 2.59. The Morgan fingerprint density at radius 3 is 2.05 bits per heavy atom. The molecule has 18 nitrogen and oxygen atoms in total. The highest BCUT2D eigenvalue weighted by molar-refractivity contribution is 5.95. The van der Waals surface area contributed by atoms with Crippen molar-refractivity contribution in [3.8, 4) is 0 Å². The molecule has 0 aromatic heterocycles. The molecule has 6 amide bonds. The monoisotopic (exact) mass is 1090 g/mol. The van der Waals surface area contributed by atoms with Gasteiger partial charge in [-0.2, -0.15) is 0 Å². The minimum absolute atomic E-state index is 0.0294. The number of carbonyl (C=O) groups is 7. The van der Waals surface area contributed by atoms with Crippen molar-refractivity contribution < 1.29 is 57.6 Å². The van der Waals surface area contributed by atoms with E-state index in [0.717, 1.165) is 31.2 Å². The van der Waals surface area contributed by atoms with Crippen LogP contribution in [0.5, 0.6) is 0 Å². The largest absolute Gasteiger partial charge is 0.460 e. The smallest absolute Gasteiger partial charge is 0.306 e. The molecule has 7 unspecified atom stereocenters. The average Bonchev–Trinajstić information content (AvgIpc) is 4.35. The van der Waals surface area contributed by atoms with Gasteiger partial charge in [-0.1, -0.05) is 97.4 Å². The molecule has 1 spiro atoms. The van der Waals surface area contributed by atoms with Gasteiger partial charge in [-0.25, -0.2) is 0 Å². The van der Waals surface area contributed by atoms with Crippen LogP contribution in [0.2, 0.25) is 0 Å². The molecule has 5 rings (SSSR count). The van der Waals surface area contributed by atoms with Gasteiger partial charge in [-0.3, -0.25) is 33.6 Å². The second-order valence-corrected chi connectivity index (χ2v) is 25.3. The molecule has 2 aliphatic carbocycles. The predicted molar refractivity (Wildman–Crippen MR) is 297 cm³/mol. The zero-order valence-electron chi connectivity index (χ0n) is 49.1. The quantitative estimate of drug-likeness (QED) is 0.0287. The van der Waals surface area contributed by atoms with Crippen molar-refractivity contribution >= 4 is 41.4 Å². The van der Waals surface area contributed by atoms with Crippen LogP contribution in [0.15, 0.2) is 42.0 Å². The van der Waals surface area contributed by atoms with E-state index in [2.05, 4.69) is 58.7 Å². The number of ether oxygens (including phenoxy) is 4. The van der Waals surface area contributed by atoms with Crippen LogP contribution in [-0.4, -0.2) is 134 Å². The SMILES string of the molecule is COC1C(OC(=O)CC2CCC(NC(=O)CNC(=O)[C@H](CC(C)C)NC(=O)[C@H](Cc3ccccc3)NC(=O)CNC(=O)C(C)(CC(C)(CC(C)C)C(=O)NCC(C)O)C(C)C)CC2)CC[C@]2(CO2)C1C1(C)O[C@@H]1CC=C(C)C. The van der Waals surface area contributed by atoms with E-state index in [4.69, 9.17) is 18.9 Å². The summed E-state index contributed by atoms with van der Waals surface area (Å²) in [5.74, 6) is -3.20. The molecule has 18 heteroatoms. The molecule has 438 valence electrons. The van der Waals surface area contributed by atoms with Crippen molar-refractivity contribution in [1.82, 2.24) is 31.9 Å². The van der Waals surface area contributed by atoms with E-state index in [0.29, 0.717) is 32.3 Å². The summed E-state index contributed by atoms with van der Waals surface area (Å²) in [6.07, 6.45) is 7.04. The van der Waals surface area contributed by atoms with Crippen molar-refractivity contribution in [3.63, 3.8) is 0 Å². The maximum absolute atomic E-state index is 14.1. The summed E-state index contributed by atoms with van der Waals surface area (Å²) in [5, 5.41) is 26.8. The maximum Gasteiger partial charge on any atom is 0.306 e. The number of epoxide rings is 2. The summed E-state index contributed by atoms with van der Waals surface area (Å²) in [4.78, 5) is 96.0. The third kappa shape index (κ3) is 17.8. The molecule has 0 bridgehead atoms. The van der Waals surface area contributed by atoms with Gasteiger partial charge in [0.15, 0.2) is 0 Å². The van der Waals surface area contributed by atoms with Crippen LogP contribution in [0, 0.1) is 40.4 Å². The van der Waals surface area contributed by atoms with Gasteiger partial charge >= 0.3 is 5.97 Å². The maximum atomic E-state index is 14.1. The van der Waals surface area contributed by atoms with Gasteiger partial charge in [-0.15, -0.1) is 0 Å². The molecule has 2 aliphatic heterocycles. The van der Waals surface area contributed by atoms with Gasteiger partial charge in [0.25, 0.3) is 0 Å². The van der Waals surface area contributed by atoms with Gasteiger partial charge in [0, 0.05) is 43.4 Å². The molecule has 1 aromatic rings. The minimum Gasteiger partial charge on any atom is -0.460 e. The van der Waals surface area contributed by atoms with Crippen LogP contribution in [0.4, 0.5) is 0 Å². The first-order valence-corrected chi connectivity index (χ1v) is 28.8. The summed E-state index contributed by atoms with van der Waals surface area (Å²) < 4.78 is 24.6. The number of aliphatic hydroxyl groups is 1. The van der Waals surface area contributed by atoms with Crippen LogP contribution in [0.25, 0.3) is 0 Å². The Bertz CT molecular complexity index is 2240. The zero-order valence-corrected chi connectivity index (χ0v) is 49.1. The molecule has 7 N–H and O–H groups in total. The number of benzene rings is 1. The van der Waals surface area contributed by atoms with Gasteiger partial charge < -0.3 is 56.0 Å². The highest BCUT2D eigenvalue weighted by atomic mass is 16.6. The number of hydrogen-bond acceptors (Lipinski definition) is 12. The first-order valence-electron chi connectivity index (χ1n) is 28.8. The second kappa shape index (κ2) is 28.0. The van der Waals surface area contributed by atoms with Crippen LogP contribution in [0.3, 0.4) is 0 Å². The van der Waals surface area contributed by atoms with Crippen LogP contribution in [0.1, 0.15) is 159 Å². The fourth-order valence-electron chi connectivity index (χ4n) is 12.2. The lowest BCUT2D eigenvalue weighted by Crippen LogP contribution is -2.57. The lowest BCUT2D eigenvalue weighted by Gasteiger charge is -2.42. The lowest BCUT2D eigenvalue weighted by molar-refractivity contribution is -0.173. The Labute approximate surface area is 464 Å². The Morgan fingerprint density at radius 1 is 0.821 bits per heavy atom. The molecule has 2 heterocycles. The normalized spacial score (nSPS) is 27.2. The molecule has 2 saturated heterocycles. The van der Waals surface area contributed by atoms with Crippen molar-refractivity contribution in [3.05, 3.63) is 47.5 Å². The molecular formula is C60H96N6O12. The molecular weight excluding hydrogens is 997 g/mol. The molecule has 1 aromatic carbocycles. The number of esters is 1. The van der Waals surface area contributed by atoms with Gasteiger partial charge in [0.05, 0.1) is 37.8 Å². The van der Waals surface area contributed by atoms with Crippen molar-refractivity contribution in [2.24, 2.45) is 40.4 Å². The van der Waals surface area contributed by atoms with Crippen LogP contribution < -0.4 is 31.9 Å². The summed E-state index contributed by atoms with van der Waals surface area (Å²) in [6.45, 7) is 23.0. The van der Waals surface area contributed by atoms with E-state index in [-0.39, 0.29) is 110 Å². The third-order valence-electron chi connectivity index (χ3n) is 16.8. The van der Waals surface area contributed by atoms with Gasteiger partial charge in [0.1, 0.15) is 35.5 Å². The fraction of sp³-hybridized carbons (Fsp3) is 0.750. The third-order valence-corrected chi connectivity index (χ3v) is 16.8. The Morgan fingerprint density at radius 2 is 1.47 bits per heavy atom. The van der Waals surface area contributed by atoms with Crippen molar-refractivity contribution in [1.29, 1.82) is 0 Å². The van der Waals surface area contributed by atoms with Crippen LogP contribution >= 0.6 is 0 Å². The first kappa shape index (κ1) is 63.9. The molecule has 4 fully saturated rings. The van der Waals surface area contributed by atoms with Crippen molar-refractivity contribution in [2.75, 3.05) is 33.4 Å². The molecule has 0 radical (unpaired) electrons. The van der Waals surface area contributed by atoms with Gasteiger partial charge in [-0.05, 0) is 121 Å². The summed E-state index contributed by atoms with van der Waals surface area (Å²) in [5.41, 5.74) is -0.788. The highest BCUT2D eigenvalue weighted by Gasteiger charge is 2.72. The number of carbonyl (C=O) groups excluding carboxylic acids is 7. The van der Waals surface area contributed by atoms with E-state index in [1.807, 2.05) is 78.8 Å². The number of methoxy groups -OCH3 is 1. The Kier molecular flexibility index (Phi) is 22.9. The average molecular weight is 1090 g/mol. The Hall–Kier alpha value is -4.91. The number of nitrogens with one attached hydrogen (secondary N) is 6. The fourth-order valence-corrected chi connectivity index (χ4v) is 12.2. The topological polar surface area (TPSA) is 255 Å². The van der Waals surface area contributed by atoms with E-state index < -0.39 is 70.9 Å². The van der Waals surface area contributed by atoms with E-state index in [1.165, 1.54) is 5.57 Å². The zero-order chi connectivity index (χ0) is 57.8. The summed E-state index contributed by atoms with van der Waals surface area (Å²) in [6, 6.07) is 6.80. The van der Waals surface area contributed by atoms with Gasteiger partial charge in [0.2, 0.25) is 35.4 Å². The number of aliphatic hydroxyl groups excluding tert-OH is 1. The summed E-state index contributed by atoms with van der Waals surface area (Å²) >= 11 is 0. The molecule has 2 saturated carbocycles. The number of rotatable bonds is 29. The lowest BCUT2D eigenvalue weighted by atomic mass is 9.64. The Balaban J connectivity index is 1.11. The molecule has 78 heavy (non-hydrogen) atoms. The summed E-state index contributed by atoms with van der Waals surface area (Å²) in [7, 11) is 1.67. The second-order valence-electron chi connectivity index (χ2n) is 25.3. The molecule has 11 atom stereocenters. The van der Waals surface area contributed by atoms with E-state index in [9.17, 15) is 38.7 Å². The van der Waals surface area contributed by atoms with Crippen molar-refractivity contribution in [2.45, 2.75) is 214 Å². The minimum atomic E-state index is -1.13. The van der Waals surface area contributed by atoms with E-state index >= 15 is 0 Å². The predicted octanol–water partition coefficient (Wildman–Crippen LogP) is 5.76. The number of amides is 6. The van der Waals surface area contributed by atoms with Crippen LogP contribution in [-0.2, 0) is 58.9 Å². The first-order chi connectivity index (χ1) is 36.6. The number of hydrogen-bond donors (Lipinski definition) is 7. The number of allylic oxidation sites excluding steroid dienone is 1.